The Hall–Kier alpha value is -0.730. The van der Waals surface area contributed by atoms with Gasteiger partial charge in [0.2, 0.25) is 0 Å². The van der Waals surface area contributed by atoms with Gasteiger partial charge in [-0.25, -0.2) is 8.42 Å². The molecule has 0 saturated carbocycles. The summed E-state index contributed by atoms with van der Waals surface area (Å²) in [5.74, 6) is 2.48. The fourth-order valence-corrected chi connectivity index (χ4v) is 5.43. The van der Waals surface area contributed by atoms with E-state index in [1.807, 2.05) is 25.9 Å². The third kappa shape index (κ3) is 2.96. The van der Waals surface area contributed by atoms with E-state index in [0.717, 1.165) is 29.4 Å². The summed E-state index contributed by atoms with van der Waals surface area (Å²) in [6, 6.07) is 0. The Labute approximate surface area is 124 Å². The molecule has 0 spiro atoms. The van der Waals surface area contributed by atoms with E-state index >= 15 is 0 Å². The molecule has 1 unspecified atom stereocenters. The molecule has 2 rings (SSSR count). The van der Waals surface area contributed by atoms with Crippen molar-refractivity contribution in [2.45, 2.75) is 18.8 Å². The summed E-state index contributed by atoms with van der Waals surface area (Å²) in [6.07, 6.45) is 1.32. The molecule has 6 nitrogen and oxygen atoms in total. The molecule has 1 fully saturated rings. The van der Waals surface area contributed by atoms with Crippen LogP contribution < -0.4 is 10.2 Å². The van der Waals surface area contributed by atoms with E-state index in [-0.39, 0.29) is 0 Å². The number of anilines is 1. The largest absolute Gasteiger partial charge is 0.338 e. The highest BCUT2D eigenvalue weighted by Crippen LogP contribution is 2.30. The zero-order chi connectivity index (χ0) is 14.9. The van der Waals surface area contributed by atoms with Crippen LogP contribution in [0.4, 0.5) is 5.82 Å². The highest BCUT2D eigenvalue weighted by molar-refractivity contribution is 8.01. The number of thioether (sulfide) groups is 1. The predicted molar refractivity (Wildman–Crippen MR) is 84.0 cm³/mol. The van der Waals surface area contributed by atoms with Gasteiger partial charge in [0.05, 0.1) is 5.69 Å². The van der Waals surface area contributed by atoms with Crippen LogP contribution in [0, 0.1) is 6.92 Å². The van der Waals surface area contributed by atoms with Gasteiger partial charge in [-0.15, -0.1) is 0 Å². The van der Waals surface area contributed by atoms with Gasteiger partial charge in [0, 0.05) is 43.5 Å². The number of nitrogens with zero attached hydrogens (tertiary/aromatic N) is 3. The lowest BCUT2D eigenvalue weighted by Gasteiger charge is -2.36. The van der Waals surface area contributed by atoms with Gasteiger partial charge in [-0.1, -0.05) is 0 Å². The molecule has 8 heteroatoms. The zero-order valence-electron chi connectivity index (χ0n) is 12.4. The first kappa shape index (κ1) is 15.7. The van der Waals surface area contributed by atoms with Crippen molar-refractivity contribution in [1.29, 1.82) is 0 Å². The van der Waals surface area contributed by atoms with Crippen molar-refractivity contribution >= 4 is 27.4 Å². The van der Waals surface area contributed by atoms with E-state index in [9.17, 15) is 8.42 Å². The first-order valence-electron chi connectivity index (χ1n) is 6.56. The molecule has 114 valence electrons. The van der Waals surface area contributed by atoms with Gasteiger partial charge < -0.3 is 10.2 Å². The van der Waals surface area contributed by atoms with Crippen LogP contribution in [0.15, 0.2) is 0 Å². The number of aromatic nitrogens is 2. The van der Waals surface area contributed by atoms with Crippen molar-refractivity contribution in [3.05, 3.63) is 11.3 Å². The summed E-state index contributed by atoms with van der Waals surface area (Å²) < 4.78 is 25.9. The molecule has 0 aliphatic carbocycles. The molecule has 2 heterocycles. The van der Waals surface area contributed by atoms with Crippen molar-refractivity contribution in [3.63, 3.8) is 0 Å². The van der Waals surface area contributed by atoms with Gasteiger partial charge in [0.15, 0.2) is 9.84 Å². The summed E-state index contributed by atoms with van der Waals surface area (Å²) in [5, 5.41) is 7.13. The number of aryl methyl sites for hydroxylation is 2. The van der Waals surface area contributed by atoms with Crippen LogP contribution in [-0.4, -0.2) is 54.9 Å². The van der Waals surface area contributed by atoms with E-state index in [1.165, 1.54) is 6.26 Å². The van der Waals surface area contributed by atoms with Gasteiger partial charge >= 0.3 is 0 Å². The van der Waals surface area contributed by atoms with Crippen molar-refractivity contribution in [2.24, 2.45) is 7.05 Å². The maximum absolute atomic E-state index is 12.1. The quantitative estimate of drug-likeness (QED) is 0.865. The first-order chi connectivity index (χ1) is 9.36. The molecule has 1 saturated heterocycles. The number of hydrogen-bond acceptors (Lipinski definition) is 6. The lowest BCUT2D eigenvalue weighted by molar-refractivity contribution is 0.580. The van der Waals surface area contributed by atoms with E-state index in [2.05, 4.69) is 10.4 Å². The SMILES string of the molecule is CNCc1c(C)nn(C)c1N1CCSCC1S(C)(=O)=O. The van der Waals surface area contributed by atoms with Crippen molar-refractivity contribution < 1.29 is 8.42 Å². The van der Waals surface area contributed by atoms with Crippen LogP contribution in [0.3, 0.4) is 0 Å². The molecule has 1 aromatic heterocycles. The first-order valence-corrected chi connectivity index (χ1v) is 9.67. The maximum Gasteiger partial charge on any atom is 0.169 e. The second-order valence-corrected chi connectivity index (χ2v) is 8.45. The summed E-state index contributed by atoms with van der Waals surface area (Å²) in [4.78, 5) is 2.00. The van der Waals surface area contributed by atoms with E-state index in [0.29, 0.717) is 12.3 Å². The lowest BCUT2D eigenvalue weighted by atomic mass is 10.2. The molecular formula is C12H22N4O2S2. The molecule has 0 amide bonds. The summed E-state index contributed by atoms with van der Waals surface area (Å²) in [7, 11) is 0.644. The lowest BCUT2D eigenvalue weighted by Crippen LogP contribution is -2.48. The van der Waals surface area contributed by atoms with Crippen LogP contribution in [0.25, 0.3) is 0 Å². The Morgan fingerprint density at radius 2 is 2.20 bits per heavy atom. The highest BCUT2D eigenvalue weighted by atomic mass is 32.2. The molecule has 0 aromatic carbocycles. The molecule has 1 aromatic rings. The third-order valence-corrected chi connectivity index (χ3v) is 6.16. The minimum Gasteiger partial charge on any atom is -0.338 e. The standard InChI is InChI=1S/C12H22N4O2S2/c1-9-10(7-13-2)12(15(3)14-9)16-5-6-19-8-11(16)20(4,17)18/h11,13H,5-8H2,1-4H3. The second-order valence-electron chi connectivity index (χ2n) is 5.09. The molecule has 0 bridgehead atoms. The molecule has 1 aliphatic rings. The Morgan fingerprint density at radius 1 is 1.50 bits per heavy atom. The van der Waals surface area contributed by atoms with Gasteiger partial charge in [0.1, 0.15) is 11.2 Å². The summed E-state index contributed by atoms with van der Waals surface area (Å²) >= 11 is 1.69. The molecule has 1 aliphatic heterocycles. The monoisotopic (exact) mass is 318 g/mol. The maximum atomic E-state index is 12.1. The number of rotatable bonds is 4. The minimum absolute atomic E-state index is 0.466. The number of sulfone groups is 1. The summed E-state index contributed by atoms with van der Waals surface area (Å²) in [6.45, 7) is 3.39. The molecule has 20 heavy (non-hydrogen) atoms. The van der Waals surface area contributed by atoms with Crippen LogP contribution in [0.1, 0.15) is 11.3 Å². The van der Waals surface area contributed by atoms with Gasteiger partial charge in [-0.3, -0.25) is 4.68 Å². The normalized spacial score (nSPS) is 20.4. The average Bonchev–Trinajstić information content (AvgIpc) is 2.64. The molecular weight excluding hydrogens is 296 g/mol. The van der Waals surface area contributed by atoms with Gasteiger partial charge in [-0.05, 0) is 14.0 Å². The topological polar surface area (TPSA) is 67.2 Å². The van der Waals surface area contributed by atoms with E-state index in [1.54, 1.807) is 16.4 Å². The number of nitrogens with one attached hydrogen (secondary N) is 1. The highest BCUT2D eigenvalue weighted by Gasteiger charge is 2.34. The van der Waals surface area contributed by atoms with Crippen LogP contribution in [0.5, 0.6) is 0 Å². The van der Waals surface area contributed by atoms with Crippen molar-refractivity contribution in [2.75, 3.05) is 36.3 Å². The average molecular weight is 318 g/mol. The zero-order valence-corrected chi connectivity index (χ0v) is 14.0. The smallest absolute Gasteiger partial charge is 0.169 e. The van der Waals surface area contributed by atoms with Crippen molar-refractivity contribution in [1.82, 2.24) is 15.1 Å². The fraction of sp³-hybridized carbons (Fsp3) is 0.750. The van der Waals surface area contributed by atoms with Crippen LogP contribution >= 0.6 is 11.8 Å². The third-order valence-electron chi connectivity index (χ3n) is 3.52. The fourth-order valence-electron chi connectivity index (χ4n) is 2.61. The van der Waals surface area contributed by atoms with Crippen LogP contribution in [-0.2, 0) is 23.4 Å². The van der Waals surface area contributed by atoms with Gasteiger partial charge in [-0.2, -0.15) is 16.9 Å². The van der Waals surface area contributed by atoms with Gasteiger partial charge in [0.25, 0.3) is 0 Å². The second kappa shape index (κ2) is 5.95. The predicted octanol–water partition coefficient (Wildman–Crippen LogP) is 0.372. The molecule has 1 atom stereocenters. The molecule has 1 N–H and O–H groups in total. The van der Waals surface area contributed by atoms with E-state index < -0.39 is 15.2 Å². The Kier molecular flexibility index (Phi) is 4.66. The Morgan fingerprint density at radius 3 is 2.80 bits per heavy atom. The van der Waals surface area contributed by atoms with Crippen molar-refractivity contribution in [3.8, 4) is 0 Å². The Balaban J connectivity index is 2.47. The Bertz CT molecular complexity index is 583. The molecule has 0 radical (unpaired) electrons. The van der Waals surface area contributed by atoms with Crippen LogP contribution in [0.2, 0.25) is 0 Å². The summed E-state index contributed by atoms with van der Waals surface area (Å²) in [5.41, 5.74) is 2.03. The van der Waals surface area contributed by atoms with E-state index in [4.69, 9.17) is 0 Å². The number of hydrogen-bond donors (Lipinski definition) is 1. The minimum atomic E-state index is -3.12.